The summed E-state index contributed by atoms with van der Waals surface area (Å²) in [6.07, 6.45) is 0. The maximum atomic E-state index is 13.5. The summed E-state index contributed by atoms with van der Waals surface area (Å²) < 4.78 is 40.2. The van der Waals surface area contributed by atoms with Gasteiger partial charge in [-0.05, 0) is 37.3 Å². The highest BCUT2D eigenvalue weighted by Crippen LogP contribution is 2.18. The van der Waals surface area contributed by atoms with Gasteiger partial charge in [0.1, 0.15) is 29.7 Å². The molecule has 2 rings (SSSR count). The zero-order chi connectivity index (χ0) is 17.7. The van der Waals surface area contributed by atoms with Crippen LogP contribution in [0.5, 0.6) is 0 Å². The molecule has 0 saturated carbocycles. The molecule has 1 N–H and O–H groups in total. The zero-order valence-corrected chi connectivity index (χ0v) is 12.9. The molecule has 0 unspecified atom stereocenters. The Morgan fingerprint density at radius 2 is 1.67 bits per heavy atom. The van der Waals surface area contributed by atoms with Crippen LogP contribution in [-0.2, 0) is 4.79 Å². The highest BCUT2D eigenvalue weighted by atomic mass is 19.1. The third-order valence-electron chi connectivity index (χ3n) is 3.30. The van der Waals surface area contributed by atoms with Crippen LogP contribution in [0.2, 0.25) is 0 Å². The molecule has 7 heteroatoms. The molecule has 2 amide bonds. The molecular weight excluding hydrogens is 321 g/mol. The third-order valence-corrected chi connectivity index (χ3v) is 3.30. The molecular formula is C17H15F3N2O2. The molecule has 2 aromatic carbocycles. The van der Waals surface area contributed by atoms with Crippen LogP contribution in [0.3, 0.4) is 0 Å². The van der Waals surface area contributed by atoms with Crippen molar-refractivity contribution in [3.8, 4) is 0 Å². The predicted octanol–water partition coefficient (Wildman–Crippen LogP) is 3.20. The van der Waals surface area contributed by atoms with Crippen LogP contribution >= 0.6 is 0 Å². The first-order chi connectivity index (χ1) is 11.4. The second kappa shape index (κ2) is 7.63. The Hall–Kier alpha value is -2.83. The van der Waals surface area contributed by atoms with E-state index in [-0.39, 0.29) is 12.1 Å². The van der Waals surface area contributed by atoms with Crippen LogP contribution in [0.25, 0.3) is 0 Å². The van der Waals surface area contributed by atoms with Crippen LogP contribution in [0, 0.1) is 17.5 Å². The predicted molar refractivity (Wildman–Crippen MR) is 83.0 cm³/mol. The SMILES string of the molecule is CCN(CC(=O)Nc1c(F)cccc1F)C(=O)c1cccc(F)c1. The summed E-state index contributed by atoms with van der Waals surface area (Å²) >= 11 is 0. The summed E-state index contributed by atoms with van der Waals surface area (Å²) in [5.74, 6) is -3.72. The van der Waals surface area contributed by atoms with Crippen molar-refractivity contribution in [3.05, 3.63) is 65.5 Å². The molecule has 0 spiro atoms. The lowest BCUT2D eigenvalue weighted by atomic mass is 10.2. The molecule has 0 fully saturated rings. The Morgan fingerprint density at radius 1 is 1.04 bits per heavy atom. The van der Waals surface area contributed by atoms with Crippen molar-refractivity contribution in [2.45, 2.75) is 6.92 Å². The van der Waals surface area contributed by atoms with Gasteiger partial charge in [-0.2, -0.15) is 0 Å². The van der Waals surface area contributed by atoms with Crippen molar-refractivity contribution in [3.63, 3.8) is 0 Å². The van der Waals surface area contributed by atoms with E-state index >= 15 is 0 Å². The topological polar surface area (TPSA) is 49.4 Å². The van der Waals surface area contributed by atoms with Gasteiger partial charge >= 0.3 is 0 Å². The molecule has 0 aliphatic rings. The Morgan fingerprint density at radius 3 is 2.25 bits per heavy atom. The standard InChI is InChI=1S/C17H15F3N2O2/c1-2-22(17(24)11-5-3-6-12(18)9-11)10-15(23)21-16-13(19)7-4-8-14(16)20/h3-9H,2,10H2,1H3,(H,21,23). The van der Waals surface area contributed by atoms with Crippen molar-refractivity contribution >= 4 is 17.5 Å². The van der Waals surface area contributed by atoms with Crippen molar-refractivity contribution < 1.29 is 22.8 Å². The van der Waals surface area contributed by atoms with E-state index < -0.39 is 41.5 Å². The summed E-state index contributed by atoms with van der Waals surface area (Å²) in [6, 6.07) is 8.24. The summed E-state index contributed by atoms with van der Waals surface area (Å²) in [5, 5.41) is 2.10. The monoisotopic (exact) mass is 336 g/mol. The maximum absolute atomic E-state index is 13.5. The lowest BCUT2D eigenvalue weighted by molar-refractivity contribution is -0.116. The largest absolute Gasteiger partial charge is 0.330 e. The summed E-state index contributed by atoms with van der Waals surface area (Å²) in [6.45, 7) is 1.39. The van der Waals surface area contributed by atoms with Gasteiger partial charge in [0.2, 0.25) is 5.91 Å². The quantitative estimate of drug-likeness (QED) is 0.911. The third kappa shape index (κ3) is 4.13. The Labute approximate surface area is 136 Å². The summed E-state index contributed by atoms with van der Waals surface area (Å²) in [7, 11) is 0. The van der Waals surface area contributed by atoms with Gasteiger partial charge in [0, 0.05) is 12.1 Å². The number of benzene rings is 2. The fraction of sp³-hybridized carbons (Fsp3) is 0.176. The number of hydrogen-bond acceptors (Lipinski definition) is 2. The first-order valence-corrected chi connectivity index (χ1v) is 7.21. The number of carbonyl (C=O) groups is 2. The van der Waals surface area contributed by atoms with Crippen molar-refractivity contribution in [2.75, 3.05) is 18.4 Å². The lowest BCUT2D eigenvalue weighted by Crippen LogP contribution is -2.38. The summed E-state index contributed by atoms with van der Waals surface area (Å²) in [4.78, 5) is 25.4. The van der Waals surface area contributed by atoms with Gasteiger partial charge in [-0.15, -0.1) is 0 Å². The average molecular weight is 336 g/mol. The van der Waals surface area contributed by atoms with E-state index in [4.69, 9.17) is 0 Å². The average Bonchev–Trinajstić information content (AvgIpc) is 2.55. The van der Waals surface area contributed by atoms with Crippen molar-refractivity contribution in [2.24, 2.45) is 0 Å². The lowest BCUT2D eigenvalue weighted by Gasteiger charge is -2.20. The fourth-order valence-electron chi connectivity index (χ4n) is 2.10. The van der Waals surface area contributed by atoms with Gasteiger partial charge in [-0.25, -0.2) is 13.2 Å². The smallest absolute Gasteiger partial charge is 0.254 e. The molecule has 2 aromatic rings. The molecule has 0 aromatic heterocycles. The first-order valence-electron chi connectivity index (χ1n) is 7.21. The van der Waals surface area contributed by atoms with Crippen molar-refractivity contribution in [1.29, 1.82) is 0 Å². The van der Waals surface area contributed by atoms with Crippen LogP contribution in [-0.4, -0.2) is 29.8 Å². The molecule has 0 saturated heterocycles. The zero-order valence-electron chi connectivity index (χ0n) is 12.9. The van der Waals surface area contributed by atoms with E-state index in [1.807, 2.05) is 0 Å². The molecule has 24 heavy (non-hydrogen) atoms. The Balaban J connectivity index is 2.09. The molecule has 0 aliphatic carbocycles. The van der Waals surface area contributed by atoms with Crippen molar-refractivity contribution in [1.82, 2.24) is 4.90 Å². The van der Waals surface area contributed by atoms with Gasteiger partial charge in [-0.1, -0.05) is 12.1 Å². The number of para-hydroxylation sites is 1. The molecule has 0 atom stereocenters. The molecule has 0 bridgehead atoms. The molecule has 4 nitrogen and oxygen atoms in total. The van der Waals surface area contributed by atoms with E-state index in [2.05, 4.69) is 5.32 Å². The number of anilines is 1. The van der Waals surface area contributed by atoms with Gasteiger partial charge in [-0.3, -0.25) is 9.59 Å². The van der Waals surface area contributed by atoms with Crippen LogP contribution in [0.4, 0.5) is 18.9 Å². The normalized spacial score (nSPS) is 10.3. The van der Waals surface area contributed by atoms with E-state index in [0.717, 1.165) is 23.1 Å². The fourth-order valence-corrected chi connectivity index (χ4v) is 2.10. The highest BCUT2D eigenvalue weighted by Gasteiger charge is 2.19. The molecule has 0 heterocycles. The highest BCUT2D eigenvalue weighted by molar-refractivity contribution is 5.99. The minimum Gasteiger partial charge on any atom is -0.330 e. The Bertz CT molecular complexity index is 745. The van der Waals surface area contributed by atoms with Crippen LogP contribution in [0.1, 0.15) is 17.3 Å². The molecule has 0 aliphatic heterocycles. The molecule has 0 radical (unpaired) electrons. The van der Waals surface area contributed by atoms with E-state index in [1.165, 1.54) is 24.3 Å². The number of carbonyl (C=O) groups excluding carboxylic acids is 2. The van der Waals surface area contributed by atoms with Crippen LogP contribution in [0.15, 0.2) is 42.5 Å². The van der Waals surface area contributed by atoms with Gasteiger partial charge in [0.05, 0.1) is 0 Å². The summed E-state index contributed by atoms with van der Waals surface area (Å²) in [5.41, 5.74) is -0.488. The van der Waals surface area contributed by atoms with Gasteiger partial charge in [0.15, 0.2) is 0 Å². The first kappa shape index (κ1) is 17.5. The maximum Gasteiger partial charge on any atom is 0.254 e. The second-order valence-corrected chi connectivity index (χ2v) is 4.97. The number of halogens is 3. The van der Waals surface area contributed by atoms with E-state index in [1.54, 1.807) is 6.92 Å². The Kier molecular flexibility index (Phi) is 5.57. The number of amides is 2. The number of rotatable bonds is 5. The number of nitrogens with zero attached hydrogens (tertiary/aromatic N) is 1. The van der Waals surface area contributed by atoms with E-state index in [9.17, 15) is 22.8 Å². The number of likely N-dealkylation sites (N-methyl/N-ethyl adjacent to an activating group) is 1. The van der Waals surface area contributed by atoms with Gasteiger partial charge < -0.3 is 10.2 Å². The van der Waals surface area contributed by atoms with E-state index in [0.29, 0.717) is 0 Å². The minimum atomic E-state index is -0.914. The number of hydrogen-bond donors (Lipinski definition) is 1. The number of nitrogens with one attached hydrogen (secondary N) is 1. The molecule has 126 valence electrons. The minimum absolute atomic E-state index is 0.0849. The van der Waals surface area contributed by atoms with Gasteiger partial charge in [0.25, 0.3) is 5.91 Å². The van der Waals surface area contributed by atoms with Crippen LogP contribution < -0.4 is 5.32 Å². The second-order valence-electron chi connectivity index (χ2n) is 4.97.